The van der Waals surface area contributed by atoms with Crippen molar-refractivity contribution >= 4 is 0 Å². The lowest BCUT2D eigenvalue weighted by Gasteiger charge is -2.19. The fraction of sp³-hybridized carbons (Fsp3) is 0.267. The largest absolute Gasteiger partial charge is 0.305 e. The van der Waals surface area contributed by atoms with E-state index in [2.05, 4.69) is 54.5 Å². The second-order valence-corrected chi connectivity index (χ2v) is 4.11. The molecule has 0 amide bonds. The number of nitrogens with one attached hydrogen (secondary N) is 1. The molecular weight excluding hydrogens is 208 g/mol. The third kappa shape index (κ3) is 2.71. The van der Waals surface area contributed by atoms with Crippen LogP contribution in [0.1, 0.15) is 29.8 Å². The predicted molar refractivity (Wildman–Crippen MR) is 70.9 cm³/mol. The first-order chi connectivity index (χ1) is 8.33. The first-order valence-electron chi connectivity index (χ1n) is 6.02. The van der Waals surface area contributed by atoms with E-state index in [0.717, 1.165) is 12.2 Å². The van der Waals surface area contributed by atoms with Crippen LogP contribution in [-0.4, -0.2) is 11.5 Å². The van der Waals surface area contributed by atoms with E-state index in [9.17, 15) is 0 Å². The van der Waals surface area contributed by atoms with Gasteiger partial charge in [-0.3, -0.25) is 4.98 Å². The Hall–Kier alpha value is -1.67. The van der Waals surface area contributed by atoms with Crippen LogP contribution < -0.4 is 5.32 Å². The molecule has 1 aromatic heterocycles. The third-order valence-electron chi connectivity index (χ3n) is 2.86. The van der Waals surface area contributed by atoms with E-state index < -0.39 is 0 Å². The average Bonchev–Trinajstić information content (AvgIpc) is 2.38. The molecule has 2 rings (SSSR count). The number of hydrogen-bond donors (Lipinski definition) is 1. The lowest BCUT2D eigenvalue weighted by atomic mass is 10.00. The third-order valence-corrected chi connectivity index (χ3v) is 2.86. The highest BCUT2D eigenvalue weighted by molar-refractivity contribution is 5.31. The van der Waals surface area contributed by atoms with Gasteiger partial charge in [0.05, 0.1) is 11.7 Å². The molecule has 0 fully saturated rings. The van der Waals surface area contributed by atoms with E-state index >= 15 is 0 Å². The first kappa shape index (κ1) is 11.8. The molecule has 2 nitrogen and oxygen atoms in total. The first-order valence-corrected chi connectivity index (χ1v) is 6.02. The van der Waals surface area contributed by atoms with Gasteiger partial charge in [-0.05, 0) is 30.7 Å². The van der Waals surface area contributed by atoms with Gasteiger partial charge in [-0.25, -0.2) is 0 Å². The van der Waals surface area contributed by atoms with Crippen LogP contribution in [0.4, 0.5) is 0 Å². The molecule has 17 heavy (non-hydrogen) atoms. The van der Waals surface area contributed by atoms with Gasteiger partial charge in [-0.15, -0.1) is 0 Å². The van der Waals surface area contributed by atoms with Crippen LogP contribution in [0.15, 0.2) is 48.7 Å². The van der Waals surface area contributed by atoms with Crippen LogP contribution in [0.25, 0.3) is 0 Å². The fourth-order valence-corrected chi connectivity index (χ4v) is 2.02. The average molecular weight is 226 g/mol. The number of benzene rings is 1. The molecule has 0 spiro atoms. The van der Waals surface area contributed by atoms with Gasteiger partial charge in [-0.1, -0.05) is 43.3 Å². The summed E-state index contributed by atoms with van der Waals surface area (Å²) >= 11 is 0. The van der Waals surface area contributed by atoms with Crippen molar-refractivity contribution in [1.29, 1.82) is 0 Å². The van der Waals surface area contributed by atoms with Crippen molar-refractivity contribution in [3.63, 3.8) is 0 Å². The van der Waals surface area contributed by atoms with Gasteiger partial charge in [0.2, 0.25) is 0 Å². The minimum Gasteiger partial charge on any atom is -0.305 e. The Morgan fingerprint density at radius 2 is 1.88 bits per heavy atom. The molecule has 0 radical (unpaired) electrons. The summed E-state index contributed by atoms with van der Waals surface area (Å²) < 4.78 is 0. The molecule has 0 aliphatic heterocycles. The molecule has 1 heterocycles. The molecule has 2 heteroatoms. The summed E-state index contributed by atoms with van der Waals surface area (Å²) in [6, 6.07) is 14.7. The van der Waals surface area contributed by atoms with Crippen molar-refractivity contribution in [2.45, 2.75) is 19.9 Å². The lowest BCUT2D eigenvalue weighted by Crippen LogP contribution is -2.23. The van der Waals surface area contributed by atoms with Crippen molar-refractivity contribution in [3.05, 3.63) is 65.5 Å². The molecule has 88 valence electrons. The van der Waals surface area contributed by atoms with E-state index in [4.69, 9.17) is 0 Å². The number of pyridine rings is 1. The molecule has 0 aliphatic rings. The highest BCUT2D eigenvalue weighted by atomic mass is 14.9. The monoisotopic (exact) mass is 226 g/mol. The molecular formula is C15H18N2. The summed E-state index contributed by atoms with van der Waals surface area (Å²) in [6.45, 7) is 5.15. The van der Waals surface area contributed by atoms with E-state index in [1.54, 1.807) is 0 Å². The molecule has 1 unspecified atom stereocenters. The second kappa shape index (κ2) is 5.60. The standard InChI is InChI=1S/C15H18N2/c1-3-16-15(13-9-5-4-6-10-13)14-12(2)8-7-11-17-14/h4-11,15-16H,3H2,1-2H3. The van der Waals surface area contributed by atoms with Crippen molar-refractivity contribution in [2.24, 2.45) is 0 Å². The highest BCUT2D eigenvalue weighted by Gasteiger charge is 2.15. The zero-order valence-electron chi connectivity index (χ0n) is 10.4. The van der Waals surface area contributed by atoms with Gasteiger partial charge in [0.1, 0.15) is 0 Å². The maximum atomic E-state index is 4.51. The van der Waals surface area contributed by atoms with Crippen molar-refractivity contribution < 1.29 is 0 Å². The summed E-state index contributed by atoms with van der Waals surface area (Å²) in [7, 11) is 0. The summed E-state index contributed by atoms with van der Waals surface area (Å²) in [5.74, 6) is 0. The fourth-order valence-electron chi connectivity index (χ4n) is 2.02. The van der Waals surface area contributed by atoms with E-state index in [1.165, 1.54) is 11.1 Å². The molecule has 0 saturated carbocycles. The van der Waals surface area contributed by atoms with Gasteiger partial charge in [0, 0.05) is 6.20 Å². The van der Waals surface area contributed by atoms with Crippen LogP contribution in [0.5, 0.6) is 0 Å². The Morgan fingerprint density at radius 1 is 1.12 bits per heavy atom. The normalized spacial score (nSPS) is 12.4. The maximum absolute atomic E-state index is 4.51. The number of hydrogen-bond acceptors (Lipinski definition) is 2. The highest BCUT2D eigenvalue weighted by Crippen LogP contribution is 2.22. The van der Waals surface area contributed by atoms with E-state index in [1.807, 2.05) is 18.3 Å². The molecule has 0 aliphatic carbocycles. The minimum atomic E-state index is 0.183. The number of aromatic nitrogens is 1. The Bertz CT molecular complexity index is 465. The van der Waals surface area contributed by atoms with Crippen LogP contribution in [0, 0.1) is 6.92 Å². The Kier molecular flexibility index (Phi) is 3.89. The summed E-state index contributed by atoms with van der Waals surface area (Å²) in [5, 5.41) is 3.49. The second-order valence-electron chi connectivity index (χ2n) is 4.11. The topological polar surface area (TPSA) is 24.9 Å². The van der Waals surface area contributed by atoms with Crippen LogP contribution in [0.2, 0.25) is 0 Å². The van der Waals surface area contributed by atoms with Crippen LogP contribution in [-0.2, 0) is 0 Å². The van der Waals surface area contributed by atoms with E-state index in [0.29, 0.717) is 0 Å². The number of aryl methyl sites for hydroxylation is 1. The van der Waals surface area contributed by atoms with Gasteiger partial charge in [0.25, 0.3) is 0 Å². The minimum absolute atomic E-state index is 0.183. The lowest BCUT2D eigenvalue weighted by molar-refractivity contribution is 0.612. The Balaban J connectivity index is 2.39. The molecule has 1 N–H and O–H groups in total. The summed E-state index contributed by atoms with van der Waals surface area (Å²) in [6.07, 6.45) is 1.86. The zero-order valence-corrected chi connectivity index (χ0v) is 10.4. The molecule has 1 atom stereocenters. The van der Waals surface area contributed by atoms with Crippen molar-refractivity contribution in [3.8, 4) is 0 Å². The summed E-state index contributed by atoms with van der Waals surface area (Å²) in [4.78, 5) is 4.51. The van der Waals surface area contributed by atoms with E-state index in [-0.39, 0.29) is 6.04 Å². The summed E-state index contributed by atoms with van der Waals surface area (Å²) in [5.41, 5.74) is 3.60. The number of nitrogens with zero attached hydrogens (tertiary/aromatic N) is 1. The quantitative estimate of drug-likeness (QED) is 0.866. The van der Waals surface area contributed by atoms with Gasteiger partial charge < -0.3 is 5.32 Å². The zero-order chi connectivity index (χ0) is 12.1. The van der Waals surface area contributed by atoms with Gasteiger partial charge in [-0.2, -0.15) is 0 Å². The van der Waals surface area contributed by atoms with Crippen molar-refractivity contribution in [1.82, 2.24) is 10.3 Å². The number of rotatable bonds is 4. The smallest absolute Gasteiger partial charge is 0.0754 e. The van der Waals surface area contributed by atoms with Gasteiger partial charge >= 0.3 is 0 Å². The molecule has 2 aromatic rings. The Labute approximate surface area is 103 Å². The Morgan fingerprint density at radius 3 is 2.53 bits per heavy atom. The molecule has 0 saturated heterocycles. The SMILES string of the molecule is CCNC(c1ccccc1)c1ncccc1C. The molecule has 0 bridgehead atoms. The molecule has 1 aromatic carbocycles. The van der Waals surface area contributed by atoms with Crippen LogP contribution in [0.3, 0.4) is 0 Å². The van der Waals surface area contributed by atoms with Gasteiger partial charge in [0.15, 0.2) is 0 Å². The predicted octanol–water partition coefficient (Wildman–Crippen LogP) is 3.09. The maximum Gasteiger partial charge on any atom is 0.0754 e. The van der Waals surface area contributed by atoms with Crippen LogP contribution >= 0.6 is 0 Å². The van der Waals surface area contributed by atoms with Crippen molar-refractivity contribution in [2.75, 3.05) is 6.54 Å².